The fourth-order valence-corrected chi connectivity index (χ4v) is 4.03. The van der Waals surface area contributed by atoms with Crippen molar-refractivity contribution in [2.75, 3.05) is 56.9 Å². The minimum atomic E-state index is -1.18. The van der Waals surface area contributed by atoms with Gasteiger partial charge in [0.2, 0.25) is 5.95 Å². The molecule has 0 spiro atoms. The number of halogens is 2. The van der Waals surface area contributed by atoms with Crippen LogP contribution in [0.4, 0.5) is 33.2 Å². The highest BCUT2D eigenvalue weighted by atomic mass is 79.9. The summed E-state index contributed by atoms with van der Waals surface area (Å²) in [7, 11) is 7.78. The monoisotopic (exact) mass is 560 g/mol. The van der Waals surface area contributed by atoms with Crippen molar-refractivity contribution < 1.29 is 14.2 Å². The topological polar surface area (TPSA) is 85.8 Å². The molecule has 0 atom stereocenters. The third-order valence-electron chi connectivity index (χ3n) is 5.70. The Bertz CT molecular complexity index is 1220. The number of hydrogen-bond donors (Lipinski definition) is 3. The molecule has 3 N–H and O–H groups in total. The molecule has 3 aromatic rings. The molecule has 36 heavy (non-hydrogen) atoms. The van der Waals surface area contributed by atoms with Crippen molar-refractivity contribution in [3.05, 3.63) is 57.9 Å². The summed E-state index contributed by atoms with van der Waals surface area (Å²) in [6, 6.07) is 8.19. The molecule has 0 saturated carbocycles. The lowest BCUT2D eigenvalue weighted by molar-refractivity contribution is 0.0793. The van der Waals surface area contributed by atoms with Crippen LogP contribution >= 0.6 is 15.9 Å². The van der Waals surface area contributed by atoms with Gasteiger partial charge >= 0.3 is 0 Å². The maximum Gasteiger partial charge on any atom is 0.229 e. The molecule has 0 bridgehead atoms. The maximum atomic E-state index is 14.0. The van der Waals surface area contributed by atoms with Crippen LogP contribution in [-0.4, -0.2) is 61.3 Å². The fourth-order valence-electron chi connectivity index (χ4n) is 3.74. The molecule has 0 saturated heterocycles. The lowest BCUT2D eigenvalue weighted by Gasteiger charge is -2.25. The molecule has 0 unspecified atom stereocenters. The molecule has 1 heterocycles. The number of aliphatic hydroxyl groups is 1. The van der Waals surface area contributed by atoms with Gasteiger partial charge in [0, 0.05) is 49.3 Å². The summed E-state index contributed by atoms with van der Waals surface area (Å²) in [6.07, 6.45) is 1.60. The number of ether oxygens (including phenoxy) is 1. The zero-order valence-corrected chi connectivity index (χ0v) is 23.4. The van der Waals surface area contributed by atoms with E-state index in [1.165, 1.54) is 12.1 Å². The zero-order valence-electron chi connectivity index (χ0n) is 21.8. The molecule has 0 amide bonds. The normalized spacial score (nSPS) is 11.5. The van der Waals surface area contributed by atoms with Crippen LogP contribution in [-0.2, 0) is 5.60 Å². The zero-order chi connectivity index (χ0) is 26.6. The predicted molar refractivity (Wildman–Crippen MR) is 147 cm³/mol. The molecule has 0 aliphatic heterocycles. The molecule has 0 fully saturated rings. The lowest BCUT2D eigenvalue weighted by atomic mass is 9.96. The van der Waals surface area contributed by atoms with E-state index in [2.05, 4.69) is 67.5 Å². The standard InChI is InChI=1S/C26H34BrFN6O2/c1-16-12-21(23(36-7)14-22(16)34(6)11-10-33(4)5)31-25-29-15-19(27)24(32-25)30-20-13-17(28)8-9-18(20)26(2,3)35/h8-9,12-15,35H,10-11H2,1-7H3,(H2,29,30,31,32). The van der Waals surface area contributed by atoms with Gasteiger partial charge in [-0.15, -0.1) is 0 Å². The Hall–Kier alpha value is -2.95. The summed E-state index contributed by atoms with van der Waals surface area (Å²) in [5.74, 6) is 0.973. The minimum absolute atomic E-state index is 0.327. The first-order valence-electron chi connectivity index (χ1n) is 11.5. The van der Waals surface area contributed by atoms with Crippen molar-refractivity contribution in [1.29, 1.82) is 0 Å². The number of likely N-dealkylation sites (N-methyl/N-ethyl adjacent to an activating group) is 2. The van der Waals surface area contributed by atoms with Gasteiger partial charge in [-0.25, -0.2) is 9.37 Å². The molecule has 2 aromatic carbocycles. The summed E-state index contributed by atoms with van der Waals surface area (Å²) >= 11 is 3.45. The highest BCUT2D eigenvalue weighted by molar-refractivity contribution is 9.10. The number of aryl methyl sites for hydroxylation is 1. The van der Waals surface area contributed by atoms with E-state index in [0.29, 0.717) is 33.2 Å². The molecule has 8 nitrogen and oxygen atoms in total. The van der Waals surface area contributed by atoms with Gasteiger partial charge in [0.25, 0.3) is 0 Å². The van der Waals surface area contributed by atoms with Crippen LogP contribution in [0.5, 0.6) is 5.75 Å². The molecule has 194 valence electrons. The van der Waals surface area contributed by atoms with Crippen molar-refractivity contribution in [3.8, 4) is 5.75 Å². The highest BCUT2D eigenvalue weighted by Crippen LogP contribution is 2.36. The molecule has 3 rings (SSSR count). The molecule has 0 radical (unpaired) electrons. The fraction of sp³-hybridized carbons (Fsp3) is 0.385. The first-order chi connectivity index (χ1) is 16.9. The van der Waals surface area contributed by atoms with Gasteiger partial charge in [-0.1, -0.05) is 6.07 Å². The van der Waals surface area contributed by atoms with E-state index in [-0.39, 0.29) is 0 Å². The van der Waals surface area contributed by atoms with E-state index in [1.54, 1.807) is 33.2 Å². The summed E-state index contributed by atoms with van der Waals surface area (Å²) in [6.45, 7) is 7.14. The van der Waals surface area contributed by atoms with Gasteiger partial charge in [0.1, 0.15) is 17.4 Å². The van der Waals surface area contributed by atoms with Gasteiger partial charge in [0.15, 0.2) is 0 Å². The summed E-state index contributed by atoms with van der Waals surface area (Å²) in [4.78, 5) is 13.3. The Labute approximate surface area is 220 Å². The van der Waals surface area contributed by atoms with Crippen LogP contribution in [0.15, 0.2) is 41.0 Å². The SMILES string of the molecule is COc1cc(N(C)CCN(C)C)c(C)cc1Nc1ncc(Br)c(Nc2cc(F)ccc2C(C)(C)O)n1. The Balaban J connectivity index is 1.90. The highest BCUT2D eigenvalue weighted by Gasteiger charge is 2.22. The predicted octanol–water partition coefficient (Wildman–Crippen LogP) is 5.41. The van der Waals surface area contributed by atoms with Gasteiger partial charge in [0.05, 0.1) is 22.9 Å². The number of hydrogen-bond acceptors (Lipinski definition) is 8. The number of rotatable bonds is 10. The van der Waals surface area contributed by atoms with Crippen molar-refractivity contribution in [2.24, 2.45) is 0 Å². The van der Waals surface area contributed by atoms with Crippen molar-refractivity contribution in [2.45, 2.75) is 26.4 Å². The second-order valence-corrected chi connectivity index (χ2v) is 10.3. The molecule has 0 aliphatic carbocycles. The largest absolute Gasteiger partial charge is 0.494 e. The van der Waals surface area contributed by atoms with Gasteiger partial charge in [-0.3, -0.25) is 0 Å². The minimum Gasteiger partial charge on any atom is -0.494 e. The quantitative estimate of drug-likeness (QED) is 0.303. The van der Waals surface area contributed by atoms with Crippen molar-refractivity contribution >= 4 is 44.8 Å². The van der Waals surface area contributed by atoms with Crippen molar-refractivity contribution in [3.63, 3.8) is 0 Å². The summed E-state index contributed by atoms with van der Waals surface area (Å²) < 4.78 is 20.2. The Morgan fingerprint density at radius 3 is 2.44 bits per heavy atom. The van der Waals surface area contributed by atoms with E-state index in [9.17, 15) is 9.50 Å². The van der Waals surface area contributed by atoms with E-state index in [0.717, 1.165) is 30.0 Å². The number of anilines is 5. The number of benzene rings is 2. The molecule has 0 aliphatic rings. The Morgan fingerprint density at radius 1 is 1.08 bits per heavy atom. The third-order valence-corrected chi connectivity index (χ3v) is 6.28. The average molecular weight is 562 g/mol. The van der Waals surface area contributed by atoms with Crippen LogP contribution in [0.3, 0.4) is 0 Å². The smallest absolute Gasteiger partial charge is 0.229 e. The van der Waals surface area contributed by atoms with Crippen molar-refractivity contribution in [1.82, 2.24) is 14.9 Å². The molecule has 1 aromatic heterocycles. The van der Waals surface area contributed by atoms with Crippen LogP contribution in [0.25, 0.3) is 0 Å². The second kappa shape index (κ2) is 11.4. The Kier molecular flexibility index (Phi) is 8.76. The number of nitrogens with one attached hydrogen (secondary N) is 2. The number of methoxy groups -OCH3 is 1. The van der Waals surface area contributed by atoms with Crippen LogP contribution in [0.2, 0.25) is 0 Å². The number of nitrogens with zero attached hydrogens (tertiary/aromatic N) is 4. The first-order valence-corrected chi connectivity index (χ1v) is 12.3. The van der Waals surface area contributed by atoms with Crippen LogP contribution in [0.1, 0.15) is 25.0 Å². The van der Waals surface area contributed by atoms with E-state index in [4.69, 9.17) is 4.74 Å². The van der Waals surface area contributed by atoms with Crippen LogP contribution in [0, 0.1) is 12.7 Å². The molecular formula is C26H34BrFN6O2. The third kappa shape index (κ3) is 6.83. The van der Waals surface area contributed by atoms with E-state index in [1.807, 2.05) is 19.1 Å². The number of aromatic nitrogens is 2. The van der Waals surface area contributed by atoms with E-state index < -0.39 is 11.4 Å². The maximum absolute atomic E-state index is 14.0. The van der Waals surface area contributed by atoms with Gasteiger partial charge < -0.3 is 30.3 Å². The van der Waals surface area contributed by atoms with Gasteiger partial charge in [-0.2, -0.15) is 4.98 Å². The molecular weight excluding hydrogens is 527 g/mol. The summed E-state index contributed by atoms with van der Waals surface area (Å²) in [5.41, 5.74) is 2.63. The first kappa shape index (κ1) is 27.6. The van der Waals surface area contributed by atoms with Crippen LogP contribution < -0.4 is 20.3 Å². The van der Waals surface area contributed by atoms with E-state index >= 15 is 0 Å². The average Bonchev–Trinajstić information content (AvgIpc) is 2.79. The summed E-state index contributed by atoms with van der Waals surface area (Å²) in [5, 5.41) is 16.9. The lowest BCUT2D eigenvalue weighted by Crippen LogP contribution is -2.28. The second-order valence-electron chi connectivity index (χ2n) is 9.45. The Morgan fingerprint density at radius 2 is 1.81 bits per heavy atom. The van der Waals surface area contributed by atoms with Gasteiger partial charge in [-0.05, 0) is 74.6 Å². The molecule has 10 heteroatoms.